The highest BCUT2D eigenvalue weighted by molar-refractivity contribution is 7.10. The molecule has 2 unspecified atom stereocenters. The van der Waals surface area contributed by atoms with Crippen LogP contribution in [0.3, 0.4) is 0 Å². The van der Waals surface area contributed by atoms with Crippen LogP contribution in [-0.2, 0) is 4.79 Å². The van der Waals surface area contributed by atoms with Gasteiger partial charge in [-0.3, -0.25) is 4.79 Å². The average molecular weight is 453 g/mol. The first-order valence-electron chi connectivity index (χ1n) is 10.0. The smallest absolute Gasteiger partial charge is 0.176 e. The summed E-state index contributed by atoms with van der Waals surface area (Å²) in [5.74, 6) is 0.418. The number of methoxy groups -OCH3 is 1. The molecule has 1 aromatic heterocycles. The molecule has 2 atom stereocenters. The SMILES string of the molecule is COc1cc(C2Nc3ccccc3NC3=C2C(=O)CC(c2cccs2)C3)cc(Cl)c1O. The van der Waals surface area contributed by atoms with Crippen LogP contribution in [0.4, 0.5) is 11.4 Å². The van der Waals surface area contributed by atoms with Gasteiger partial charge in [-0.2, -0.15) is 0 Å². The molecule has 31 heavy (non-hydrogen) atoms. The number of phenols is 1. The number of aromatic hydroxyl groups is 1. The lowest BCUT2D eigenvalue weighted by molar-refractivity contribution is -0.116. The van der Waals surface area contributed by atoms with Crippen LogP contribution in [-0.4, -0.2) is 18.0 Å². The normalized spacial score (nSPS) is 20.3. The Kier molecular flexibility index (Phi) is 5.12. The van der Waals surface area contributed by atoms with E-state index in [1.807, 2.05) is 30.3 Å². The number of Topliss-reactive ketones (excluding diaryl/α,β-unsaturated/α-hetero) is 1. The Balaban J connectivity index is 1.65. The molecule has 3 aromatic rings. The molecule has 0 fully saturated rings. The van der Waals surface area contributed by atoms with Gasteiger partial charge in [0.2, 0.25) is 0 Å². The first-order chi connectivity index (χ1) is 15.0. The summed E-state index contributed by atoms with van der Waals surface area (Å²) >= 11 is 7.97. The van der Waals surface area contributed by atoms with E-state index in [9.17, 15) is 9.90 Å². The number of para-hydroxylation sites is 2. The van der Waals surface area contributed by atoms with Crippen molar-refractivity contribution >= 4 is 40.1 Å². The molecule has 0 saturated carbocycles. The second-order valence-electron chi connectivity index (χ2n) is 7.74. The minimum absolute atomic E-state index is 0.0978. The Hall–Kier alpha value is -2.96. The van der Waals surface area contributed by atoms with Crippen LogP contribution in [0.2, 0.25) is 5.02 Å². The lowest BCUT2D eigenvalue weighted by Gasteiger charge is -2.29. The topological polar surface area (TPSA) is 70.6 Å². The lowest BCUT2D eigenvalue weighted by Crippen LogP contribution is -2.26. The van der Waals surface area contributed by atoms with E-state index >= 15 is 0 Å². The van der Waals surface area contributed by atoms with Crippen LogP contribution in [0, 0.1) is 0 Å². The maximum Gasteiger partial charge on any atom is 0.176 e. The van der Waals surface area contributed by atoms with Crippen LogP contribution in [0.25, 0.3) is 0 Å². The van der Waals surface area contributed by atoms with Crippen molar-refractivity contribution in [3.63, 3.8) is 0 Å². The highest BCUT2D eigenvalue weighted by Crippen LogP contribution is 2.46. The molecular formula is C24H21ClN2O3S. The molecule has 7 heteroatoms. The van der Waals surface area contributed by atoms with Gasteiger partial charge < -0.3 is 20.5 Å². The number of thiophene rings is 1. The summed E-state index contributed by atoms with van der Waals surface area (Å²) in [7, 11) is 1.48. The van der Waals surface area contributed by atoms with E-state index in [-0.39, 0.29) is 28.2 Å². The standard InChI is InChI=1S/C24H21ClN2O3S/c1-30-20-12-14(9-15(25)24(20)29)23-22-18(26-16-5-2-3-6-17(16)27-23)10-13(11-19(22)28)21-7-4-8-31-21/h2-9,12-13,23,26-27,29H,10-11H2,1H3. The minimum atomic E-state index is -0.421. The fraction of sp³-hybridized carbons (Fsp3) is 0.208. The molecule has 5 nitrogen and oxygen atoms in total. The molecule has 2 aromatic carbocycles. The Morgan fingerprint density at radius 1 is 1.13 bits per heavy atom. The molecule has 0 radical (unpaired) electrons. The predicted molar refractivity (Wildman–Crippen MR) is 124 cm³/mol. The monoisotopic (exact) mass is 452 g/mol. The number of halogens is 1. The van der Waals surface area contributed by atoms with Crippen LogP contribution < -0.4 is 15.4 Å². The van der Waals surface area contributed by atoms with E-state index in [1.165, 1.54) is 12.0 Å². The number of ketones is 1. The van der Waals surface area contributed by atoms with E-state index in [2.05, 4.69) is 22.1 Å². The largest absolute Gasteiger partial charge is 0.503 e. The lowest BCUT2D eigenvalue weighted by atomic mass is 9.80. The van der Waals surface area contributed by atoms with Gasteiger partial charge in [0, 0.05) is 28.5 Å². The highest BCUT2D eigenvalue weighted by Gasteiger charge is 2.36. The van der Waals surface area contributed by atoms with Gasteiger partial charge in [-0.1, -0.05) is 29.8 Å². The van der Waals surface area contributed by atoms with Gasteiger partial charge in [0.1, 0.15) is 0 Å². The van der Waals surface area contributed by atoms with Crippen molar-refractivity contribution in [2.75, 3.05) is 17.7 Å². The third-order valence-corrected chi connectivity index (χ3v) is 7.18. The molecule has 0 amide bonds. The van der Waals surface area contributed by atoms with E-state index < -0.39 is 6.04 Å². The summed E-state index contributed by atoms with van der Waals surface area (Å²) in [5, 5.41) is 19.5. The van der Waals surface area contributed by atoms with Crippen LogP contribution in [0.1, 0.15) is 35.2 Å². The van der Waals surface area contributed by atoms with Crippen molar-refractivity contribution in [3.05, 3.63) is 80.6 Å². The highest BCUT2D eigenvalue weighted by atomic mass is 35.5. The maximum absolute atomic E-state index is 13.5. The summed E-state index contributed by atoms with van der Waals surface area (Å²) < 4.78 is 5.31. The Morgan fingerprint density at radius 2 is 1.94 bits per heavy atom. The number of hydrogen-bond acceptors (Lipinski definition) is 6. The predicted octanol–water partition coefficient (Wildman–Crippen LogP) is 6.10. The van der Waals surface area contributed by atoms with Gasteiger partial charge in [-0.05, 0) is 47.7 Å². The fourth-order valence-electron chi connectivity index (χ4n) is 4.38. The number of nitrogens with one attached hydrogen (secondary N) is 2. The zero-order valence-electron chi connectivity index (χ0n) is 16.8. The third-order valence-electron chi connectivity index (χ3n) is 5.86. The van der Waals surface area contributed by atoms with Gasteiger partial charge in [-0.25, -0.2) is 0 Å². The molecule has 1 aliphatic carbocycles. The van der Waals surface area contributed by atoms with Gasteiger partial charge >= 0.3 is 0 Å². The number of phenolic OH excluding ortho intramolecular Hbond substituents is 1. The van der Waals surface area contributed by atoms with Crippen LogP contribution in [0.5, 0.6) is 11.5 Å². The number of carbonyl (C=O) groups excluding carboxylic acids is 1. The molecule has 3 N–H and O–H groups in total. The molecule has 1 aliphatic heterocycles. The van der Waals surface area contributed by atoms with E-state index in [0.717, 1.165) is 29.1 Å². The number of ether oxygens (including phenoxy) is 1. The number of benzene rings is 2. The van der Waals surface area contributed by atoms with Crippen molar-refractivity contribution in [3.8, 4) is 11.5 Å². The maximum atomic E-state index is 13.5. The summed E-state index contributed by atoms with van der Waals surface area (Å²) in [6.45, 7) is 0. The molecule has 158 valence electrons. The second kappa shape index (κ2) is 7.94. The van der Waals surface area contributed by atoms with Crippen LogP contribution >= 0.6 is 22.9 Å². The van der Waals surface area contributed by atoms with Gasteiger partial charge in [0.15, 0.2) is 17.3 Å². The zero-order valence-corrected chi connectivity index (χ0v) is 18.4. The van der Waals surface area contributed by atoms with Crippen molar-refractivity contribution < 1.29 is 14.6 Å². The number of hydrogen-bond donors (Lipinski definition) is 3. The van der Waals surface area contributed by atoms with Gasteiger partial charge in [0.25, 0.3) is 0 Å². The van der Waals surface area contributed by atoms with E-state index in [4.69, 9.17) is 16.3 Å². The molecule has 0 spiro atoms. The first kappa shape index (κ1) is 20.0. The summed E-state index contributed by atoms with van der Waals surface area (Å²) in [6.07, 6.45) is 1.20. The number of fused-ring (bicyclic) bond motifs is 1. The van der Waals surface area contributed by atoms with Crippen molar-refractivity contribution in [2.45, 2.75) is 24.8 Å². The van der Waals surface area contributed by atoms with Crippen molar-refractivity contribution in [2.24, 2.45) is 0 Å². The summed E-state index contributed by atoms with van der Waals surface area (Å²) in [6, 6.07) is 15.0. The minimum Gasteiger partial charge on any atom is -0.503 e. The summed E-state index contributed by atoms with van der Waals surface area (Å²) in [5.41, 5.74) is 4.20. The van der Waals surface area contributed by atoms with E-state index in [1.54, 1.807) is 23.5 Å². The Morgan fingerprint density at radius 3 is 2.68 bits per heavy atom. The van der Waals surface area contributed by atoms with Gasteiger partial charge in [0.05, 0.1) is 29.5 Å². The third kappa shape index (κ3) is 3.56. The molecular weight excluding hydrogens is 432 g/mol. The average Bonchev–Trinajstić information content (AvgIpc) is 3.24. The molecule has 0 saturated heterocycles. The molecule has 2 heterocycles. The zero-order chi connectivity index (χ0) is 21.5. The fourth-order valence-corrected chi connectivity index (χ4v) is 5.43. The van der Waals surface area contributed by atoms with Crippen LogP contribution in [0.15, 0.2) is 65.2 Å². The number of rotatable bonds is 3. The number of allylic oxidation sites excluding steroid dienone is 1. The Bertz CT molecular complexity index is 1190. The molecule has 5 rings (SSSR count). The number of carbonyl (C=O) groups is 1. The molecule has 2 aliphatic rings. The van der Waals surface area contributed by atoms with Crippen molar-refractivity contribution in [1.82, 2.24) is 0 Å². The van der Waals surface area contributed by atoms with Gasteiger partial charge in [-0.15, -0.1) is 11.3 Å². The number of anilines is 2. The summed E-state index contributed by atoms with van der Waals surface area (Å²) in [4.78, 5) is 14.7. The van der Waals surface area contributed by atoms with Crippen molar-refractivity contribution in [1.29, 1.82) is 0 Å². The first-order valence-corrected chi connectivity index (χ1v) is 11.3. The quantitative estimate of drug-likeness (QED) is 0.448. The Labute approximate surface area is 189 Å². The molecule has 0 bridgehead atoms. The second-order valence-corrected chi connectivity index (χ2v) is 9.12. The van der Waals surface area contributed by atoms with E-state index in [0.29, 0.717) is 12.0 Å².